The summed E-state index contributed by atoms with van der Waals surface area (Å²) in [7, 11) is 0. The normalized spacial score (nSPS) is 11.7. The lowest BCUT2D eigenvalue weighted by atomic mass is 10.2. The van der Waals surface area contributed by atoms with Crippen LogP contribution in [0, 0.1) is 6.92 Å². The van der Waals surface area contributed by atoms with E-state index in [1.165, 1.54) is 17.8 Å². The van der Waals surface area contributed by atoms with Crippen LogP contribution in [0.25, 0.3) is 0 Å². The Bertz CT molecular complexity index is 1060. The Morgan fingerprint density at radius 1 is 1.14 bits per heavy atom. The molecule has 2 aromatic heterocycles. The quantitative estimate of drug-likeness (QED) is 0.572. The maximum absolute atomic E-state index is 12.9. The lowest BCUT2D eigenvalue weighted by Gasteiger charge is -2.06. The molecule has 0 fully saturated rings. The van der Waals surface area contributed by atoms with Gasteiger partial charge >= 0.3 is 6.18 Å². The van der Waals surface area contributed by atoms with Crippen molar-refractivity contribution in [2.75, 3.05) is 5.32 Å². The van der Waals surface area contributed by atoms with Crippen LogP contribution in [0.15, 0.2) is 30.5 Å². The lowest BCUT2D eigenvalue weighted by Crippen LogP contribution is -2.21. The Hall–Kier alpha value is -2.23. The molecule has 0 aliphatic carbocycles. The second kappa shape index (κ2) is 8.25. The molecule has 0 aliphatic heterocycles. The Labute approximate surface area is 178 Å². The fourth-order valence-corrected chi connectivity index (χ4v) is 3.17. The van der Waals surface area contributed by atoms with Crippen molar-refractivity contribution in [1.82, 2.24) is 19.6 Å². The molecule has 29 heavy (non-hydrogen) atoms. The van der Waals surface area contributed by atoms with Crippen LogP contribution in [-0.2, 0) is 24.1 Å². The number of alkyl halides is 3. The van der Waals surface area contributed by atoms with Crippen LogP contribution in [0.4, 0.5) is 19.0 Å². The van der Waals surface area contributed by atoms with Gasteiger partial charge in [0.15, 0.2) is 11.5 Å². The molecule has 154 valence electrons. The summed E-state index contributed by atoms with van der Waals surface area (Å²) >= 11 is 17.9. The molecule has 0 saturated heterocycles. The van der Waals surface area contributed by atoms with Gasteiger partial charge in [0.05, 0.1) is 17.3 Å². The highest BCUT2D eigenvalue weighted by Gasteiger charge is 2.38. The summed E-state index contributed by atoms with van der Waals surface area (Å²) in [6.07, 6.45) is -3.22. The van der Waals surface area contributed by atoms with Gasteiger partial charge in [-0.25, -0.2) is 0 Å². The third kappa shape index (κ3) is 4.85. The van der Waals surface area contributed by atoms with Crippen molar-refractivity contribution in [1.29, 1.82) is 0 Å². The molecule has 1 N–H and O–H groups in total. The van der Waals surface area contributed by atoms with Crippen molar-refractivity contribution in [3.05, 3.63) is 62.5 Å². The Balaban J connectivity index is 1.72. The van der Waals surface area contributed by atoms with Crippen LogP contribution in [0.3, 0.4) is 0 Å². The number of halogens is 6. The number of hydrogen-bond acceptors (Lipinski definition) is 3. The molecule has 3 rings (SSSR count). The standard InChI is InChI=1S/C17H13Cl3F3N5O/c1-9-14(20)15(17(21,22)23)25-28(9)8-13(29)24-16-12(19)7-27(26-16)6-10-4-2-3-5-11(10)18/h2-5,7H,6,8H2,1H3,(H,24,26,29). The SMILES string of the molecule is Cc1c(Cl)c(C(F)(F)F)nn1CC(=O)Nc1nn(Cc2ccccc2Cl)cc1Cl. The molecule has 12 heteroatoms. The van der Waals surface area contributed by atoms with Crippen molar-refractivity contribution >= 4 is 46.5 Å². The van der Waals surface area contributed by atoms with Crippen molar-refractivity contribution in [3.63, 3.8) is 0 Å². The summed E-state index contributed by atoms with van der Waals surface area (Å²) in [6.45, 7) is 1.16. The molecule has 1 amide bonds. The molecule has 0 atom stereocenters. The highest BCUT2D eigenvalue weighted by molar-refractivity contribution is 6.33. The largest absolute Gasteiger partial charge is 0.436 e. The molecule has 6 nitrogen and oxygen atoms in total. The number of aromatic nitrogens is 4. The van der Waals surface area contributed by atoms with Gasteiger partial charge in [-0.15, -0.1) is 0 Å². The minimum Gasteiger partial charge on any atom is -0.306 e. The van der Waals surface area contributed by atoms with Crippen molar-refractivity contribution in [3.8, 4) is 0 Å². The summed E-state index contributed by atoms with van der Waals surface area (Å²) in [5.74, 6) is -0.596. The van der Waals surface area contributed by atoms with Crippen LogP contribution in [0.1, 0.15) is 17.0 Å². The van der Waals surface area contributed by atoms with Gasteiger partial charge < -0.3 is 5.32 Å². The monoisotopic (exact) mass is 465 g/mol. The minimum absolute atomic E-state index is 0.0180. The van der Waals surface area contributed by atoms with Gasteiger partial charge in [0.2, 0.25) is 5.91 Å². The van der Waals surface area contributed by atoms with E-state index in [1.807, 2.05) is 12.1 Å². The van der Waals surface area contributed by atoms with Crippen LogP contribution in [0.2, 0.25) is 15.1 Å². The van der Waals surface area contributed by atoms with E-state index >= 15 is 0 Å². The van der Waals surface area contributed by atoms with E-state index in [4.69, 9.17) is 34.8 Å². The first kappa shape index (κ1) is 21.5. The zero-order chi connectivity index (χ0) is 21.3. The molecule has 0 unspecified atom stereocenters. The zero-order valence-electron chi connectivity index (χ0n) is 14.8. The molecule has 0 radical (unpaired) electrons. The van der Waals surface area contributed by atoms with E-state index in [0.717, 1.165) is 10.2 Å². The van der Waals surface area contributed by atoms with E-state index in [2.05, 4.69) is 15.5 Å². The van der Waals surface area contributed by atoms with E-state index in [9.17, 15) is 18.0 Å². The maximum atomic E-state index is 12.9. The Morgan fingerprint density at radius 2 is 1.83 bits per heavy atom. The average Bonchev–Trinajstić information content (AvgIpc) is 3.10. The lowest BCUT2D eigenvalue weighted by molar-refractivity contribution is -0.141. The fourth-order valence-electron chi connectivity index (χ4n) is 2.53. The average molecular weight is 467 g/mol. The molecule has 0 spiro atoms. The van der Waals surface area contributed by atoms with Crippen molar-refractivity contribution < 1.29 is 18.0 Å². The first-order valence-corrected chi connectivity index (χ1v) is 9.26. The van der Waals surface area contributed by atoms with Crippen LogP contribution < -0.4 is 5.32 Å². The van der Waals surface area contributed by atoms with E-state index < -0.39 is 29.3 Å². The number of benzene rings is 1. The molecule has 2 heterocycles. The van der Waals surface area contributed by atoms with Gasteiger partial charge in [-0.1, -0.05) is 53.0 Å². The first-order chi connectivity index (χ1) is 13.6. The second-order valence-electron chi connectivity index (χ2n) is 6.07. The van der Waals surface area contributed by atoms with Gasteiger partial charge in [0, 0.05) is 11.2 Å². The Kier molecular flexibility index (Phi) is 6.11. The number of amides is 1. The topological polar surface area (TPSA) is 64.7 Å². The van der Waals surface area contributed by atoms with Gasteiger partial charge in [0.25, 0.3) is 0 Å². The second-order valence-corrected chi connectivity index (χ2v) is 7.26. The molecule has 0 bridgehead atoms. The van der Waals surface area contributed by atoms with Crippen LogP contribution in [0.5, 0.6) is 0 Å². The summed E-state index contributed by atoms with van der Waals surface area (Å²) in [4.78, 5) is 12.3. The number of carbonyl (C=O) groups is 1. The number of anilines is 1. The molecule has 0 saturated carbocycles. The maximum Gasteiger partial charge on any atom is 0.436 e. The highest BCUT2D eigenvalue weighted by Crippen LogP contribution is 2.35. The van der Waals surface area contributed by atoms with Crippen molar-refractivity contribution in [2.24, 2.45) is 0 Å². The first-order valence-electron chi connectivity index (χ1n) is 8.12. The van der Waals surface area contributed by atoms with Gasteiger partial charge in [-0.3, -0.25) is 14.2 Å². The summed E-state index contributed by atoms with van der Waals surface area (Å²) in [5, 5.41) is 10.2. The molecule has 0 aliphatic rings. The summed E-state index contributed by atoms with van der Waals surface area (Å²) < 4.78 is 41.0. The number of carbonyl (C=O) groups excluding carboxylic acids is 1. The summed E-state index contributed by atoms with van der Waals surface area (Å²) in [5.41, 5.74) is -0.427. The molecule has 3 aromatic rings. The number of rotatable bonds is 5. The third-order valence-corrected chi connectivity index (χ3v) is 5.06. The van der Waals surface area contributed by atoms with Crippen LogP contribution in [-0.4, -0.2) is 25.5 Å². The van der Waals surface area contributed by atoms with Crippen LogP contribution >= 0.6 is 34.8 Å². The van der Waals surface area contributed by atoms with Gasteiger partial charge in [-0.05, 0) is 18.6 Å². The van der Waals surface area contributed by atoms with Gasteiger partial charge in [-0.2, -0.15) is 23.4 Å². The third-order valence-electron chi connectivity index (χ3n) is 3.96. The van der Waals surface area contributed by atoms with E-state index in [-0.39, 0.29) is 16.5 Å². The Morgan fingerprint density at radius 3 is 2.45 bits per heavy atom. The zero-order valence-corrected chi connectivity index (χ0v) is 17.0. The minimum atomic E-state index is -4.72. The number of nitrogens with zero attached hydrogens (tertiary/aromatic N) is 4. The highest BCUT2D eigenvalue weighted by atomic mass is 35.5. The van der Waals surface area contributed by atoms with E-state index in [1.54, 1.807) is 12.1 Å². The van der Waals surface area contributed by atoms with Crippen molar-refractivity contribution in [2.45, 2.75) is 26.2 Å². The molecule has 1 aromatic carbocycles. The summed E-state index contributed by atoms with van der Waals surface area (Å²) in [6, 6.07) is 7.17. The number of hydrogen-bond donors (Lipinski definition) is 1. The predicted molar refractivity (Wildman–Crippen MR) is 103 cm³/mol. The number of nitrogens with one attached hydrogen (secondary N) is 1. The molecular formula is C17H13Cl3F3N5O. The molecular weight excluding hydrogens is 454 g/mol. The van der Waals surface area contributed by atoms with Gasteiger partial charge in [0.1, 0.15) is 11.6 Å². The fraction of sp³-hybridized carbons (Fsp3) is 0.235. The predicted octanol–water partition coefficient (Wildman–Crippen LogP) is 5.05. The van der Waals surface area contributed by atoms with E-state index in [0.29, 0.717) is 11.6 Å². The smallest absolute Gasteiger partial charge is 0.306 e.